The summed E-state index contributed by atoms with van der Waals surface area (Å²) in [5.74, 6) is -1.12. The molecule has 1 aliphatic rings. The van der Waals surface area contributed by atoms with Crippen LogP contribution in [0.2, 0.25) is 0 Å². The van der Waals surface area contributed by atoms with E-state index >= 15 is 0 Å². The third-order valence-electron chi connectivity index (χ3n) is 3.42. The standard InChI is InChI=1S/C13H15BrN2O3/c14-10-7-9(3-6-15-10)12(19)16-13(8-11(17)18)4-1-2-5-13/h3,6-7H,1-2,4-5,8H2,(H,16,19)(H,17,18). The van der Waals surface area contributed by atoms with Gasteiger partial charge in [0.2, 0.25) is 0 Å². The van der Waals surface area contributed by atoms with Crippen LogP contribution < -0.4 is 5.32 Å². The lowest BCUT2D eigenvalue weighted by Gasteiger charge is -2.28. The van der Waals surface area contributed by atoms with Crippen molar-refractivity contribution in [3.8, 4) is 0 Å². The number of pyridine rings is 1. The molecule has 0 spiro atoms. The minimum atomic E-state index is -0.877. The van der Waals surface area contributed by atoms with Crippen molar-refractivity contribution in [3.63, 3.8) is 0 Å². The highest BCUT2D eigenvalue weighted by Gasteiger charge is 2.37. The van der Waals surface area contributed by atoms with Crippen molar-refractivity contribution in [2.24, 2.45) is 0 Å². The number of rotatable bonds is 4. The van der Waals surface area contributed by atoms with Crippen molar-refractivity contribution in [1.82, 2.24) is 10.3 Å². The number of halogens is 1. The van der Waals surface area contributed by atoms with Gasteiger partial charge in [-0.05, 0) is 40.9 Å². The monoisotopic (exact) mass is 326 g/mol. The molecule has 0 atom stereocenters. The average Bonchev–Trinajstić information content (AvgIpc) is 2.76. The first-order valence-corrected chi connectivity index (χ1v) is 6.96. The van der Waals surface area contributed by atoms with E-state index in [0.717, 1.165) is 25.7 Å². The molecule has 6 heteroatoms. The van der Waals surface area contributed by atoms with Gasteiger partial charge in [0.1, 0.15) is 4.60 Å². The summed E-state index contributed by atoms with van der Waals surface area (Å²) >= 11 is 3.21. The summed E-state index contributed by atoms with van der Waals surface area (Å²) in [7, 11) is 0. The number of carbonyl (C=O) groups excluding carboxylic acids is 1. The lowest BCUT2D eigenvalue weighted by molar-refractivity contribution is -0.138. The van der Waals surface area contributed by atoms with Crippen LogP contribution in [-0.2, 0) is 4.79 Å². The van der Waals surface area contributed by atoms with Gasteiger partial charge in [0, 0.05) is 11.8 Å². The number of carboxylic acid groups (broad SMARTS) is 1. The minimum Gasteiger partial charge on any atom is -0.481 e. The lowest BCUT2D eigenvalue weighted by atomic mass is 9.93. The molecule has 0 bridgehead atoms. The Labute approximate surface area is 119 Å². The lowest BCUT2D eigenvalue weighted by Crippen LogP contribution is -2.47. The zero-order chi connectivity index (χ0) is 13.9. The van der Waals surface area contributed by atoms with Crippen LogP contribution in [0.1, 0.15) is 42.5 Å². The van der Waals surface area contributed by atoms with Gasteiger partial charge >= 0.3 is 5.97 Å². The summed E-state index contributed by atoms with van der Waals surface area (Å²) in [4.78, 5) is 27.1. The van der Waals surface area contributed by atoms with Crippen molar-refractivity contribution in [2.75, 3.05) is 0 Å². The molecule has 0 unspecified atom stereocenters. The summed E-state index contributed by atoms with van der Waals surface area (Å²) in [6, 6.07) is 3.24. The number of nitrogens with zero attached hydrogens (tertiary/aromatic N) is 1. The van der Waals surface area contributed by atoms with Gasteiger partial charge in [0.15, 0.2) is 0 Å². The Hall–Kier alpha value is -1.43. The molecule has 1 heterocycles. The topological polar surface area (TPSA) is 79.3 Å². The van der Waals surface area contributed by atoms with Gasteiger partial charge in [-0.25, -0.2) is 4.98 Å². The van der Waals surface area contributed by atoms with Gasteiger partial charge in [-0.15, -0.1) is 0 Å². The van der Waals surface area contributed by atoms with Gasteiger partial charge in [-0.3, -0.25) is 9.59 Å². The van der Waals surface area contributed by atoms with Gasteiger partial charge < -0.3 is 10.4 Å². The van der Waals surface area contributed by atoms with Crippen LogP contribution in [0, 0.1) is 0 Å². The number of hydrogen-bond acceptors (Lipinski definition) is 3. The molecule has 1 aliphatic carbocycles. The Morgan fingerprint density at radius 2 is 2.11 bits per heavy atom. The van der Waals surface area contributed by atoms with E-state index in [9.17, 15) is 9.59 Å². The number of carboxylic acids is 1. The van der Waals surface area contributed by atoms with Crippen LogP contribution in [-0.4, -0.2) is 27.5 Å². The molecule has 0 saturated heterocycles. The van der Waals surface area contributed by atoms with Crippen molar-refractivity contribution in [2.45, 2.75) is 37.6 Å². The highest BCUT2D eigenvalue weighted by molar-refractivity contribution is 9.10. The van der Waals surface area contributed by atoms with Crippen molar-refractivity contribution in [3.05, 3.63) is 28.5 Å². The van der Waals surface area contributed by atoms with E-state index in [1.807, 2.05) is 0 Å². The number of carbonyl (C=O) groups is 2. The van der Waals surface area contributed by atoms with E-state index in [-0.39, 0.29) is 12.3 Å². The Morgan fingerprint density at radius 3 is 2.68 bits per heavy atom. The average molecular weight is 327 g/mol. The van der Waals surface area contributed by atoms with Crippen LogP contribution in [0.15, 0.2) is 22.9 Å². The van der Waals surface area contributed by atoms with E-state index in [0.29, 0.717) is 10.2 Å². The summed E-state index contributed by atoms with van der Waals surface area (Å²) in [5, 5.41) is 11.9. The van der Waals surface area contributed by atoms with Crippen LogP contribution >= 0.6 is 15.9 Å². The SMILES string of the molecule is O=C(O)CC1(NC(=O)c2ccnc(Br)c2)CCCC1. The predicted octanol–water partition coefficient (Wildman–Crippen LogP) is 2.36. The van der Waals surface area contributed by atoms with Crippen LogP contribution in [0.4, 0.5) is 0 Å². The predicted molar refractivity (Wildman–Crippen MR) is 72.9 cm³/mol. The molecule has 1 saturated carbocycles. The second-order valence-electron chi connectivity index (χ2n) is 4.88. The highest BCUT2D eigenvalue weighted by atomic mass is 79.9. The molecule has 1 amide bonds. The fourth-order valence-corrected chi connectivity index (χ4v) is 2.91. The normalized spacial score (nSPS) is 17.1. The molecule has 1 aromatic rings. The summed E-state index contributed by atoms with van der Waals surface area (Å²) in [6.45, 7) is 0. The highest BCUT2D eigenvalue weighted by Crippen LogP contribution is 2.33. The van der Waals surface area contributed by atoms with E-state index in [2.05, 4.69) is 26.2 Å². The zero-order valence-corrected chi connectivity index (χ0v) is 11.9. The zero-order valence-electron chi connectivity index (χ0n) is 10.4. The summed E-state index contributed by atoms with van der Waals surface area (Å²) < 4.78 is 0.582. The van der Waals surface area contributed by atoms with Gasteiger partial charge in [0.25, 0.3) is 5.91 Å². The Kier molecular flexibility index (Phi) is 4.19. The number of aliphatic carboxylic acids is 1. The first kappa shape index (κ1) is 14.0. The van der Waals surface area contributed by atoms with E-state index in [4.69, 9.17) is 5.11 Å². The smallest absolute Gasteiger partial charge is 0.305 e. The molecule has 102 valence electrons. The van der Waals surface area contributed by atoms with Crippen LogP contribution in [0.3, 0.4) is 0 Å². The second kappa shape index (κ2) is 5.69. The first-order valence-electron chi connectivity index (χ1n) is 6.17. The molecular weight excluding hydrogens is 312 g/mol. The molecule has 19 heavy (non-hydrogen) atoms. The second-order valence-corrected chi connectivity index (χ2v) is 5.69. The maximum atomic E-state index is 12.2. The van der Waals surface area contributed by atoms with E-state index in [1.54, 1.807) is 12.1 Å². The fourth-order valence-electron chi connectivity index (χ4n) is 2.54. The Morgan fingerprint density at radius 1 is 1.42 bits per heavy atom. The molecule has 0 aromatic carbocycles. The van der Waals surface area contributed by atoms with E-state index < -0.39 is 11.5 Å². The van der Waals surface area contributed by atoms with Crippen LogP contribution in [0.5, 0.6) is 0 Å². The maximum absolute atomic E-state index is 12.2. The third kappa shape index (κ3) is 3.53. The van der Waals surface area contributed by atoms with Crippen molar-refractivity contribution in [1.29, 1.82) is 0 Å². The molecule has 1 aromatic heterocycles. The summed E-state index contributed by atoms with van der Waals surface area (Å²) in [6.07, 6.45) is 4.86. The fraction of sp³-hybridized carbons (Fsp3) is 0.462. The number of amides is 1. The summed E-state index contributed by atoms with van der Waals surface area (Å²) in [5.41, 5.74) is -0.114. The van der Waals surface area contributed by atoms with Gasteiger partial charge in [-0.2, -0.15) is 0 Å². The largest absolute Gasteiger partial charge is 0.481 e. The molecule has 2 rings (SSSR count). The van der Waals surface area contributed by atoms with Crippen LogP contribution in [0.25, 0.3) is 0 Å². The van der Waals surface area contributed by atoms with E-state index in [1.165, 1.54) is 6.20 Å². The van der Waals surface area contributed by atoms with Gasteiger partial charge in [-0.1, -0.05) is 12.8 Å². The van der Waals surface area contributed by atoms with Crippen molar-refractivity contribution >= 4 is 27.8 Å². The quantitative estimate of drug-likeness (QED) is 0.832. The number of nitrogens with one attached hydrogen (secondary N) is 1. The Bertz CT molecular complexity index is 498. The molecule has 5 nitrogen and oxygen atoms in total. The minimum absolute atomic E-state index is 0.0228. The molecule has 1 fully saturated rings. The molecule has 0 radical (unpaired) electrons. The Balaban J connectivity index is 2.13. The number of aromatic nitrogens is 1. The molecule has 0 aliphatic heterocycles. The maximum Gasteiger partial charge on any atom is 0.305 e. The molecule has 2 N–H and O–H groups in total. The van der Waals surface area contributed by atoms with Gasteiger partial charge in [0.05, 0.1) is 12.0 Å². The third-order valence-corrected chi connectivity index (χ3v) is 3.85. The molecular formula is C13H15BrN2O3. The van der Waals surface area contributed by atoms with Crippen molar-refractivity contribution < 1.29 is 14.7 Å². The number of hydrogen-bond donors (Lipinski definition) is 2. The first-order chi connectivity index (χ1) is 9.01.